The molecule has 0 aliphatic carbocycles. The number of hydrogen-bond acceptors (Lipinski definition) is 3. The molecule has 144 valence electrons. The number of benzene rings is 1. The highest BCUT2D eigenvalue weighted by Crippen LogP contribution is 2.28. The van der Waals surface area contributed by atoms with Crippen LogP contribution in [0.25, 0.3) is 0 Å². The van der Waals surface area contributed by atoms with E-state index in [2.05, 4.69) is 43.1 Å². The molecule has 2 fully saturated rings. The van der Waals surface area contributed by atoms with E-state index in [1.165, 1.54) is 31.5 Å². The third-order valence-electron chi connectivity index (χ3n) is 6.09. The lowest BCUT2D eigenvalue weighted by atomic mass is 9.82. The highest BCUT2D eigenvalue weighted by atomic mass is 16.5. The summed E-state index contributed by atoms with van der Waals surface area (Å²) in [6.07, 6.45) is 5.23. The van der Waals surface area contributed by atoms with Crippen molar-refractivity contribution >= 4 is 11.6 Å². The van der Waals surface area contributed by atoms with E-state index in [-0.39, 0.29) is 12.0 Å². The van der Waals surface area contributed by atoms with Gasteiger partial charge in [0.05, 0.1) is 0 Å². The van der Waals surface area contributed by atoms with Crippen LogP contribution in [-0.4, -0.2) is 42.6 Å². The predicted octanol–water partition coefficient (Wildman–Crippen LogP) is 4.10. The van der Waals surface area contributed by atoms with Gasteiger partial charge >= 0.3 is 0 Å². The molecule has 0 saturated carbocycles. The van der Waals surface area contributed by atoms with Crippen LogP contribution in [-0.2, 0) is 16.0 Å². The summed E-state index contributed by atoms with van der Waals surface area (Å²) in [7, 11) is 0. The Morgan fingerprint density at radius 2 is 2.04 bits per heavy atom. The van der Waals surface area contributed by atoms with Gasteiger partial charge in [-0.3, -0.25) is 4.79 Å². The second-order valence-electron chi connectivity index (χ2n) is 8.34. The number of ether oxygens (including phenoxy) is 1. The van der Waals surface area contributed by atoms with Gasteiger partial charge in [-0.1, -0.05) is 19.1 Å². The van der Waals surface area contributed by atoms with Gasteiger partial charge in [0.15, 0.2) is 0 Å². The molecule has 1 amide bonds. The molecule has 1 aromatic carbocycles. The Morgan fingerprint density at radius 1 is 1.27 bits per heavy atom. The average Bonchev–Trinajstić information content (AvgIpc) is 3.16. The molecule has 1 N–H and O–H groups in total. The van der Waals surface area contributed by atoms with Crippen molar-refractivity contribution < 1.29 is 9.53 Å². The van der Waals surface area contributed by atoms with Crippen molar-refractivity contribution in [2.75, 3.05) is 25.0 Å². The summed E-state index contributed by atoms with van der Waals surface area (Å²) in [5.41, 5.74) is 2.23. The molecule has 26 heavy (non-hydrogen) atoms. The Hall–Kier alpha value is -1.39. The Morgan fingerprint density at radius 3 is 2.65 bits per heavy atom. The van der Waals surface area contributed by atoms with Crippen LogP contribution in [0.2, 0.25) is 0 Å². The maximum atomic E-state index is 12.1. The molecule has 0 radical (unpaired) electrons. The highest BCUT2D eigenvalue weighted by molar-refractivity contribution is 5.94. The molecule has 2 aliphatic heterocycles. The van der Waals surface area contributed by atoms with Crippen LogP contribution in [0.15, 0.2) is 24.3 Å². The summed E-state index contributed by atoms with van der Waals surface area (Å²) in [5.74, 6) is 1.58. The fourth-order valence-corrected chi connectivity index (χ4v) is 4.24. The fraction of sp³-hybridized carbons (Fsp3) is 0.682. The third-order valence-corrected chi connectivity index (χ3v) is 6.09. The molecular weight excluding hydrogens is 324 g/mol. The van der Waals surface area contributed by atoms with Crippen LogP contribution >= 0.6 is 0 Å². The number of rotatable bonds is 6. The topological polar surface area (TPSA) is 41.6 Å². The summed E-state index contributed by atoms with van der Waals surface area (Å²) in [5, 5.41) is 2.97. The number of aryl methyl sites for hydroxylation is 1. The first kappa shape index (κ1) is 19.4. The normalized spacial score (nSPS) is 27.0. The number of hydrogen-bond donors (Lipinski definition) is 1. The molecule has 0 bridgehead atoms. The van der Waals surface area contributed by atoms with Crippen molar-refractivity contribution in [3.8, 4) is 0 Å². The molecule has 4 heteroatoms. The monoisotopic (exact) mass is 358 g/mol. The lowest BCUT2D eigenvalue weighted by Crippen LogP contribution is -2.43. The van der Waals surface area contributed by atoms with Crippen LogP contribution in [0.3, 0.4) is 0 Å². The molecule has 4 nitrogen and oxygen atoms in total. The van der Waals surface area contributed by atoms with Gasteiger partial charge in [0.25, 0.3) is 5.91 Å². The molecular formula is C22H34N2O2. The van der Waals surface area contributed by atoms with Crippen LogP contribution in [0.5, 0.6) is 0 Å². The summed E-state index contributed by atoms with van der Waals surface area (Å²) in [6, 6.07) is 9.01. The molecule has 3 atom stereocenters. The molecule has 0 aromatic heterocycles. The highest BCUT2D eigenvalue weighted by Gasteiger charge is 2.27. The van der Waals surface area contributed by atoms with Crippen LogP contribution < -0.4 is 5.32 Å². The fourth-order valence-electron chi connectivity index (χ4n) is 4.24. The minimum atomic E-state index is -0.270. The Labute approximate surface area is 158 Å². The zero-order valence-corrected chi connectivity index (χ0v) is 16.5. The predicted molar refractivity (Wildman–Crippen MR) is 106 cm³/mol. The second kappa shape index (κ2) is 9.01. The van der Waals surface area contributed by atoms with Crippen molar-refractivity contribution in [3.63, 3.8) is 0 Å². The van der Waals surface area contributed by atoms with Gasteiger partial charge in [-0.2, -0.15) is 0 Å². The van der Waals surface area contributed by atoms with Gasteiger partial charge in [0.2, 0.25) is 0 Å². The zero-order chi connectivity index (χ0) is 18.5. The van der Waals surface area contributed by atoms with E-state index in [1.807, 2.05) is 12.1 Å². The smallest absolute Gasteiger partial charge is 0.253 e. The van der Waals surface area contributed by atoms with Crippen LogP contribution in [0.1, 0.15) is 52.0 Å². The van der Waals surface area contributed by atoms with E-state index in [0.717, 1.165) is 36.8 Å². The number of carbonyl (C=O) groups is 1. The zero-order valence-electron chi connectivity index (χ0n) is 16.5. The maximum Gasteiger partial charge on any atom is 0.253 e. The molecule has 2 heterocycles. The quantitative estimate of drug-likeness (QED) is 0.832. The van der Waals surface area contributed by atoms with E-state index in [0.29, 0.717) is 12.6 Å². The summed E-state index contributed by atoms with van der Waals surface area (Å²) in [4.78, 5) is 14.7. The van der Waals surface area contributed by atoms with Gasteiger partial charge in [0, 0.05) is 24.9 Å². The summed E-state index contributed by atoms with van der Waals surface area (Å²) >= 11 is 0. The molecule has 1 aromatic rings. The first-order chi connectivity index (χ1) is 12.5. The third kappa shape index (κ3) is 5.08. The number of carbonyl (C=O) groups excluding carboxylic acids is 1. The average molecular weight is 359 g/mol. The van der Waals surface area contributed by atoms with Crippen molar-refractivity contribution in [2.24, 2.45) is 11.8 Å². The lowest BCUT2D eigenvalue weighted by molar-refractivity contribution is -0.124. The second-order valence-corrected chi connectivity index (χ2v) is 8.34. The number of nitrogens with zero attached hydrogens (tertiary/aromatic N) is 1. The van der Waals surface area contributed by atoms with Gasteiger partial charge in [-0.25, -0.2) is 0 Å². The Balaban J connectivity index is 1.45. The van der Waals surface area contributed by atoms with Crippen molar-refractivity contribution in [1.82, 2.24) is 4.90 Å². The minimum absolute atomic E-state index is 0.0130. The van der Waals surface area contributed by atoms with Crippen molar-refractivity contribution in [1.29, 1.82) is 0 Å². The largest absolute Gasteiger partial charge is 0.368 e. The first-order valence-corrected chi connectivity index (χ1v) is 10.3. The van der Waals surface area contributed by atoms with Gasteiger partial charge in [-0.15, -0.1) is 0 Å². The van der Waals surface area contributed by atoms with Gasteiger partial charge < -0.3 is 15.0 Å². The first-order valence-electron chi connectivity index (χ1n) is 10.3. The van der Waals surface area contributed by atoms with E-state index in [9.17, 15) is 4.79 Å². The van der Waals surface area contributed by atoms with Crippen LogP contribution in [0, 0.1) is 11.8 Å². The molecule has 0 spiro atoms. The SMILES string of the molecule is CC(C)N1CC[C@@H](CCc2ccc(NC(=O)[C@H]3CCCO3)cc2)[C@H](C)C1. The molecule has 0 unspecified atom stereocenters. The minimum Gasteiger partial charge on any atom is -0.368 e. The Kier molecular flexibility index (Phi) is 6.71. The number of likely N-dealkylation sites (tertiary alicyclic amines) is 1. The Bertz CT molecular complexity index is 578. The van der Waals surface area contributed by atoms with Gasteiger partial charge in [0.1, 0.15) is 6.10 Å². The number of amides is 1. The maximum absolute atomic E-state index is 12.1. The number of anilines is 1. The molecule has 3 rings (SSSR count). The van der Waals surface area contributed by atoms with E-state index in [4.69, 9.17) is 4.74 Å². The number of nitrogens with one attached hydrogen (secondary N) is 1. The molecule has 2 saturated heterocycles. The van der Waals surface area contributed by atoms with E-state index < -0.39 is 0 Å². The molecule has 2 aliphatic rings. The number of piperidine rings is 1. The van der Waals surface area contributed by atoms with E-state index >= 15 is 0 Å². The van der Waals surface area contributed by atoms with Crippen LogP contribution in [0.4, 0.5) is 5.69 Å². The van der Waals surface area contributed by atoms with Gasteiger partial charge in [-0.05, 0) is 82.0 Å². The van der Waals surface area contributed by atoms with E-state index in [1.54, 1.807) is 0 Å². The van der Waals surface area contributed by atoms with Crippen molar-refractivity contribution in [3.05, 3.63) is 29.8 Å². The standard InChI is InChI=1S/C22H34N2O2/c1-16(2)24-13-12-19(17(3)15-24)9-6-18-7-10-20(11-8-18)23-22(25)21-5-4-14-26-21/h7-8,10-11,16-17,19,21H,4-6,9,12-15H2,1-3H3,(H,23,25)/t17-,19-,21-/m1/s1. The summed E-state index contributed by atoms with van der Waals surface area (Å²) < 4.78 is 5.43. The van der Waals surface area contributed by atoms with Crippen molar-refractivity contribution in [2.45, 2.75) is 65.0 Å². The lowest BCUT2D eigenvalue weighted by Gasteiger charge is -2.39. The summed E-state index contributed by atoms with van der Waals surface area (Å²) in [6.45, 7) is 10.2.